The third-order valence-corrected chi connectivity index (χ3v) is 6.21. The predicted octanol–water partition coefficient (Wildman–Crippen LogP) is 7.18. The molecule has 0 saturated carbocycles. The van der Waals surface area contributed by atoms with Gasteiger partial charge in [-0.25, -0.2) is 0 Å². The third kappa shape index (κ3) is 5.23. The van der Waals surface area contributed by atoms with Crippen LogP contribution in [0.3, 0.4) is 0 Å². The Morgan fingerprint density at radius 1 is 0.649 bits per heavy atom. The Hall–Kier alpha value is -4.46. The van der Waals surface area contributed by atoms with Crippen molar-refractivity contribution < 1.29 is 9.59 Å². The van der Waals surface area contributed by atoms with E-state index in [0.717, 1.165) is 11.1 Å². The van der Waals surface area contributed by atoms with Gasteiger partial charge in [-0.1, -0.05) is 53.5 Å². The van der Waals surface area contributed by atoms with Gasteiger partial charge >= 0.3 is 0 Å². The molecule has 3 N–H and O–H groups in total. The number of nitrogens with zero attached hydrogens (tertiary/aromatic N) is 2. The normalized spacial score (nSPS) is 10.6. The molecule has 0 unspecified atom stereocenters. The van der Waals surface area contributed by atoms with E-state index in [1.165, 1.54) is 6.20 Å². The van der Waals surface area contributed by atoms with E-state index in [4.69, 9.17) is 23.2 Å². The highest BCUT2D eigenvalue weighted by atomic mass is 35.5. The molecule has 0 atom stereocenters. The number of aromatic nitrogens is 2. The standard InChI is InChI=1S/C28H19Cl2N5O2/c29-19-8-4-9-20(30)25(19)28(37)35-24-12-3-7-18-21(13-15-32-26(18)24)33-22-10-1-2-11-23(22)34-27(36)17-6-5-14-31-16-17/h1-16H,(H,32,33)(H,34,36)(H,35,37). The second-order valence-corrected chi connectivity index (χ2v) is 8.79. The highest BCUT2D eigenvalue weighted by Gasteiger charge is 2.17. The Labute approximate surface area is 222 Å². The van der Waals surface area contributed by atoms with E-state index in [1.807, 2.05) is 36.4 Å². The van der Waals surface area contributed by atoms with Gasteiger partial charge in [0.2, 0.25) is 0 Å². The number of rotatable bonds is 6. The molecule has 2 amide bonds. The average Bonchev–Trinajstić information content (AvgIpc) is 2.91. The number of benzene rings is 3. The summed E-state index contributed by atoms with van der Waals surface area (Å²) in [6.45, 7) is 0. The van der Waals surface area contributed by atoms with E-state index in [2.05, 4.69) is 25.9 Å². The van der Waals surface area contributed by atoms with Gasteiger partial charge in [-0.2, -0.15) is 0 Å². The van der Waals surface area contributed by atoms with Crippen LogP contribution in [0.15, 0.2) is 97.5 Å². The first-order chi connectivity index (χ1) is 18.0. The monoisotopic (exact) mass is 527 g/mol. The zero-order valence-corrected chi connectivity index (χ0v) is 20.7. The van der Waals surface area contributed by atoms with Crippen molar-refractivity contribution in [1.82, 2.24) is 9.97 Å². The molecule has 5 aromatic rings. The van der Waals surface area contributed by atoms with Gasteiger partial charge in [-0.15, -0.1) is 0 Å². The van der Waals surface area contributed by atoms with Crippen molar-refractivity contribution in [1.29, 1.82) is 0 Å². The van der Waals surface area contributed by atoms with Gasteiger partial charge in [0.1, 0.15) is 0 Å². The predicted molar refractivity (Wildman–Crippen MR) is 148 cm³/mol. The van der Waals surface area contributed by atoms with E-state index in [1.54, 1.807) is 54.9 Å². The number of amides is 2. The van der Waals surface area contributed by atoms with Crippen LogP contribution in [0, 0.1) is 0 Å². The van der Waals surface area contributed by atoms with Gasteiger partial charge in [-0.05, 0) is 48.5 Å². The van der Waals surface area contributed by atoms with Gasteiger partial charge in [0.05, 0.1) is 43.8 Å². The summed E-state index contributed by atoms with van der Waals surface area (Å²) in [6.07, 6.45) is 4.76. The fraction of sp³-hybridized carbons (Fsp3) is 0. The van der Waals surface area contributed by atoms with E-state index < -0.39 is 5.91 Å². The van der Waals surface area contributed by atoms with Crippen LogP contribution in [0.4, 0.5) is 22.7 Å². The second-order valence-electron chi connectivity index (χ2n) is 7.98. The summed E-state index contributed by atoms with van der Waals surface area (Å²) in [7, 11) is 0. The van der Waals surface area contributed by atoms with E-state index in [-0.39, 0.29) is 21.5 Å². The Morgan fingerprint density at radius 2 is 1.35 bits per heavy atom. The van der Waals surface area contributed by atoms with Crippen LogP contribution in [-0.2, 0) is 0 Å². The first-order valence-electron chi connectivity index (χ1n) is 11.2. The summed E-state index contributed by atoms with van der Waals surface area (Å²) < 4.78 is 0. The van der Waals surface area contributed by atoms with Gasteiger partial charge in [0.15, 0.2) is 0 Å². The lowest BCUT2D eigenvalue weighted by Gasteiger charge is -2.16. The molecule has 3 aromatic carbocycles. The number of pyridine rings is 2. The van der Waals surface area contributed by atoms with Crippen molar-refractivity contribution in [2.24, 2.45) is 0 Å². The van der Waals surface area contributed by atoms with Crippen molar-refractivity contribution in [3.05, 3.63) is 119 Å². The zero-order valence-electron chi connectivity index (χ0n) is 19.2. The van der Waals surface area contributed by atoms with Crippen LogP contribution in [-0.4, -0.2) is 21.8 Å². The number of carbonyl (C=O) groups excluding carboxylic acids is 2. The van der Waals surface area contributed by atoms with Crippen molar-refractivity contribution >= 4 is 68.7 Å². The Bertz CT molecular complexity index is 1610. The molecule has 0 spiro atoms. The van der Waals surface area contributed by atoms with Crippen LogP contribution in [0.1, 0.15) is 20.7 Å². The van der Waals surface area contributed by atoms with Crippen LogP contribution < -0.4 is 16.0 Å². The molecule has 0 saturated heterocycles. The third-order valence-electron chi connectivity index (χ3n) is 5.58. The number of hydrogen-bond acceptors (Lipinski definition) is 5. The molecule has 9 heteroatoms. The molecule has 7 nitrogen and oxygen atoms in total. The maximum Gasteiger partial charge on any atom is 0.258 e. The maximum atomic E-state index is 13.0. The molecule has 182 valence electrons. The van der Waals surface area contributed by atoms with Crippen LogP contribution in [0.25, 0.3) is 10.9 Å². The molecule has 5 rings (SSSR count). The summed E-state index contributed by atoms with van der Waals surface area (Å²) in [4.78, 5) is 34.2. The lowest BCUT2D eigenvalue weighted by atomic mass is 10.1. The second kappa shape index (κ2) is 10.7. The van der Waals surface area contributed by atoms with Gasteiger partial charge in [-0.3, -0.25) is 19.6 Å². The Kier molecular flexibility index (Phi) is 6.98. The van der Waals surface area contributed by atoms with E-state index in [0.29, 0.717) is 28.1 Å². The zero-order chi connectivity index (χ0) is 25.8. The number of carbonyl (C=O) groups is 2. The smallest absolute Gasteiger partial charge is 0.258 e. The number of anilines is 4. The summed E-state index contributed by atoms with van der Waals surface area (Å²) in [5.41, 5.74) is 3.73. The Morgan fingerprint density at radius 3 is 2.11 bits per heavy atom. The molecule has 0 fully saturated rings. The largest absolute Gasteiger partial charge is 0.353 e. The molecule has 0 radical (unpaired) electrons. The summed E-state index contributed by atoms with van der Waals surface area (Å²) in [6, 6.07) is 22.9. The lowest BCUT2D eigenvalue weighted by Crippen LogP contribution is -2.14. The number of hydrogen-bond donors (Lipinski definition) is 3. The fourth-order valence-electron chi connectivity index (χ4n) is 3.82. The first-order valence-corrected chi connectivity index (χ1v) is 12.0. The highest BCUT2D eigenvalue weighted by molar-refractivity contribution is 6.40. The summed E-state index contributed by atoms with van der Waals surface area (Å²) in [5, 5.41) is 10.4. The SMILES string of the molecule is O=C(Nc1ccccc1Nc1ccnc2c(NC(=O)c3c(Cl)cccc3Cl)cccc12)c1cccnc1. The molecule has 0 bridgehead atoms. The Balaban J connectivity index is 1.45. The molecule has 2 heterocycles. The fourth-order valence-corrected chi connectivity index (χ4v) is 4.39. The number of fused-ring (bicyclic) bond motifs is 1. The number of nitrogens with one attached hydrogen (secondary N) is 3. The summed E-state index contributed by atoms with van der Waals surface area (Å²) in [5.74, 6) is -0.711. The van der Waals surface area contributed by atoms with E-state index >= 15 is 0 Å². The molecular formula is C28H19Cl2N5O2. The first kappa shape index (κ1) is 24.2. The molecule has 0 aliphatic rings. The van der Waals surface area contributed by atoms with Crippen molar-refractivity contribution in [3.63, 3.8) is 0 Å². The van der Waals surface area contributed by atoms with Crippen molar-refractivity contribution in [2.45, 2.75) is 0 Å². The van der Waals surface area contributed by atoms with Gasteiger partial charge in [0, 0.05) is 29.7 Å². The average molecular weight is 528 g/mol. The lowest BCUT2D eigenvalue weighted by molar-refractivity contribution is 0.101. The molecule has 0 aliphatic carbocycles. The summed E-state index contributed by atoms with van der Waals surface area (Å²) >= 11 is 12.4. The van der Waals surface area contributed by atoms with Gasteiger partial charge in [0.25, 0.3) is 11.8 Å². The molecule has 2 aromatic heterocycles. The van der Waals surface area contributed by atoms with Crippen LogP contribution >= 0.6 is 23.2 Å². The maximum absolute atomic E-state index is 13.0. The topological polar surface area (TPSA) is 96.0 Å². The van der Waals surface area contributed by atoms with Crippen LogP contribution in [0.2, 0.25) is 10.0 Å². The molecule has 0 aliphatic heterocycles. The minimum Gasteiger partial charge on any atom is -0.353 e. The minimum atomic E-state index is -0.438. The quantitative estimate of drug-likeness (QED) is 0.217. The highest BCUT2D eigenvalue weighted by Crippen LogP contribution is 2.33. The van der Waals surface area contributed by atoms with Gasteiger partial charge < -0.3 is 16.0 Å². The van der Waals surface area contributed by atoms with Crippen molar-refractivity contribution in [2.75, 3.05) is 16.0 Å². The number of halogens is 2. The number of para-hydroxylation sites is 3. The molecule has 37 heavy (non-hydrogen) atoms. The van der Waals surface area contributed by atoms with E-state index in [9.17, 15) is 9.59 Å². The van der Waals surface area contributed by atoms with Crippen LogP contribution in [0.5, 0.6) is 0 Å². The minimum absolute atomic E-state index is 0.190. The molecular weight excluding hydrogens is 509 g/mol. The van der Waals surface area contributed by atoms with Crippen molar-refractivity contribution in [3.8, 4) is 0 Å².